The van der Waals surface area contributed by atoms with Gasteiger partial charge in [-0.2, -0.15) is 0 Å². The molecule has 20 heavy (non-hydrogen) atoms. The molecule has 0 atom stereocenters. The van der Waals surface area contributed by atoms with E-state index in [4.69, 9.17) is 0 Å². The monoisotopic (exact) mass is 269 g/mol. The summed E-state index contributed by atoms with van der Waals surface area (Å²) in [6, 6.07) is 13.0. The molecule has 0 saturated carbocycles. The lowest BCUT2D eigenvalue weighted by Crippen LogP contribution is -2.14. The summed E-state index contributed by atoms with van der Waals surface area (Å²) in [4.78, 5) is 16.2. The van der Waals surface area contributed by atoms with Crippen LogP contribution in [0.4, 0.5) is 11.4 Å². The molecule has 104 valence electrons. The molecular weight excluding hydrogens is 250 g/mol. The van der Waals surface area contributed by atoms with Gasteiger partial charge in [-0.15, -0.1) is 0 Å². The maximum Gasteiger partial charge on any atom is 0.274 e. The summed E-state index contributed by atoms with van der Waals surface area (Å²) in [5, 5.41) is 6.10. The van der Waals surface area contributed by atoms with Crippen molar-refractivity contribution in [2.45, 2.75) is 13.8 Å². The van der Waals surface area contributed by atoms with E-state index in [2.05, 4.69) is 29.5 Å². The number of nitrogens with one attached hydrogen (secondary N) is 2. The molecule has 1 aromatic heterocycles. The molecule has 0 aliphatic heterocycles. The second kappa shape index (κ2) is 6.70. The van der Waals surface area contributed by atoms with E-state index in [1.807, 2.05) is 36.4 Å². The lowest BCUT2D eigenvalue weighted by atomic mass is 10.2. The van der Waals surface area contributed by atoms with Gasteiger partial charge in [0.2, 0.25) is 0 Å². The molecule has 0 aliphatic rings. The minimum absolute atomic E-state index is 0.204. The fourth-order valence-electron chi connectivity index (χ4n) is 1.70. The zero-order valence-corrected chi connectivity index (χ0v) is 11.8. The third-order valence-electron chi connectivity index (χ3n) is 2.74. The fourth-order valence-corrected chi connectivity index (χ4v) is 1.70. The van der Waals surface area contributed by atoms with Crippen molar-refractivity contribution in [2.24, 2.45) is 5.92 Å². The van der Waals surface area contributed by atoms with Crippen molar-refractivity contribution in [1.29, 1.82) is 0 Å². The summed E-state index contributed by atoms with van der Waals surface area (Å²) < 4.78 is 0. The second-order valence-electron chi connectivity index (χ2n) is 5.02. The van der Waals surface area contributed by atoms with E-state index < -0.39 is 0 Å². The van der Waals surface area contributed by atoms with Gasteiger partial charge in [0.05, 0.1) is 0 Å². The molecule has 0 bridgehead atoms. The Bertz CT molecular complexity index is 567. The Labute approximate surface area is 119 Å². The summed E-state index contributed by atoms with van der Waals surface area (Å²) in [5.74, 6) is 0.342. The molecule has 4 heteroatoms. The minimum Gasteiger partial charge on any atom is -0.385 e. The summed E-state index contributed by atoms with van der Waals surface area (Å²) in [5.41, 5.74) is 2.08. The van der Waals surface area contributed by atoms with E-state index in [1.54, 1.807) is 12.3 Å². The highest BCUT2D eigenvalue weighted by atomic mass is 16.1. The molecule has 1 heterocycles. The highest BCUT2D eigenvalue weighted by Crippen LogP contribution is 2.11. The van der Waals surface area contributed by atoms with Crippen molar-refractivity contribution in [3.8, 4) is 0 Å². The average Bonchev–Trinajstić information content (AvgIpc) is 2.46. The first-order chi connectivity index (χ1) is 9.65. The van der Waals surface area contributed by atoms with Crippen molar-refractivity contribution in [3.63, 3.8) is 0 Å². The zero-order chi connectivity index (χ0) is 14.4. The van der Waals surface area contributed by atoms with E-state index in [0.29, 0.717) is 11.6 Å². The minimum atomic E-state index is -0.204. The van der Waals surface area contributed by atoms with Gasteiger partial charge in [0, 0.05) is 24.1 Å². The molecule has 1 amide bonds. The van der Waals surface area contributed by atoms with Crippen LogP contribution in [0, 0.1) is 5.92 Å². The van der Waals surface area contributed by atoms with Gasteiger partial charge in [-0.25, -0.2) is 0 Å². The molecule has 0 unspecified atom stereocenters. The molecule has 2 N–H and O–H groups in total. The van der Waals surface area contributed by atoms with Gasteiger partial charge in [0.1, 0.15) is 5.69 Å². The van der Waals surface area contributed by atoms with Crippen LogP contribution in [0.25, 0.3) is 0 Å². The van der Waals surface area contributed by atoms with Gasteiger partial charge >= 0.3 is 0 Å². The van der Waals surface area contributed by atoms with Crippen molar-refractivity contribution in [1.82, 2.24) is 4.98 Å². The quantitative estimate of drug-likeness (QED) is 0.874. The van der Waals surface area contributed by atoms with E-state index in [-0.39, 0.29) is 5.91 Å². The number of para-hydroxylation sites is 1. The number of pyridine rings is 1. The van der Waals surface area contributed by atoms with Crippen molar-refractivity contribution in [2.75, 3.05) is 17.2 Å². The molecule has 2 rings (SSSR count). The Morgan fingerprint density at radius 3 is 2.60 bits per heavy atom. The summed E-state index contributed by atoms with van der Waals surface area (Å²) in [7, 11) is 0. The number of rotatable bonds is 5. The molecule has 0 radical (unpaired) electrons. The number of nitrogens with zero attached hydrogens (tertiary/aromatic N) is 1. The first-order valence-electron chi connectivity index (χ1n) is 6.71. The van der Waals surface area contributed by atoms with Gasteiger partial charge in [-0.1, -0.05) is 32.0 Å². The predicted octanol–water partition coefficient (Wildman–Crippen LogP) is 3.40. The molecule has 0 saturated heterocycles. The Balaban J connectivity index is 2.04. The van der Waals surface area contributed by atoms with Crippen molar-refractivity contribution < 1.29 is 4.79 Å². The first-order valence-corrected chi connectivity index (χ1v) is 6.71. The molecule has 2 aromatic rings. The maximum atomic E-state index is 12.1. The maximum absolute atomic E-state index is 12.1. The summed E-state index contributed by atoms with van der Waals surface area (Å²) in [6.45, 7) is 5.14. The average molecular weight is 269 g/mol. The zero-order valence-electron chi connectivity index (χ0n) is 11.8. The number of hydrogen-bond acceptors (Lipinski definition) is 3. The Morgan fingerprint density at radius 1 is 1.15 bits per heavy atom. The number of aromatic nitrogens is 1. The number of amides is 1. The highest BCUT2D eigenvalue weighted by molar-refractivity contribution is 6.03. The molecule has 4 nitrogen and oxygen atoms in total. The number of carbonyl (C=O) groups excluding carboxylic acids is 1. The number of anilines is 2. The summed E-state index contributed by atoms with van der Waals surface area (Å²) in [6.07, 6.45) is 1.64. The van der Waals surface area contributed by atoms with Crippen LogP contribution < -0.4 is 10.6 Å². The van der Waals surface area contributed by atoms with Gasteiger partial charge < -0.3 is 10.6 Å². The van der Waals surface area contributed by atoms with Crippen LogP contribution in [0.5, 0.6) is 0 Å². The topological polar surface area (TPSA) is 54.0 Å². The van der Waals surface area contributed by atoms with Gasteiger partial charge in [-0.05, 0) is 30.2 Å². The molecule has 0 spiro atoms. The SMILES string of the molecule is CC(C)CNc1ccnc(C(=O)Nc2ccccc2)c1. The van der Waals surface area contributed by atoms with Gasteiger partial charge in [-0.3, -0.25) is 9.78 Å². The van der Waals surface area contributed by atoms with E-state index in [0.717, 1.165) is 17.9 Å². The van der Waals surface area contributed by atoms with Crippen LogP contribution >= 0.6 is 0 Å². The molecule has 0 aliphatic carbocycles. The third-order valence-corrected chi connectivity index (χ3v) is 2.74. The second-order valence-corrected chi connectivity index (χ2v) is 5.02. The Morgan fingerprint density at radius 2 is 1.90 bits per heavy atom. The fraction of sp³-hybridized carbons (Fsp3) is 0.250. The van der Waals surface area contributed by atoms with Crippen LogP contribution in [0.15, 0.2) is 48.7 Å². The smallest absolute Gasteiger partial charge is 0.274 e. The van der Waals surface area contributed by atoms with E-state index in [9.17, 15) is 4.79 Å². The number of benzene rings is 1. The van der Waals surface area contributed by atoms with Crippen LogP contribution in [0.1, 0.15) is 24.3 Å². The molecule has 0 fully saturated rings. The largest absolute Gasteiger partial charge is 0.385 e. The number of hydrogen-bond donors (Lipinski definition) is 2. The molecule has 1 aromatic carbocycles. The lowest BCUT2D eigenvalue weighted by molar-refractivity contribution is 0.102. The summed E-state index contributed by atoms with van der Waals surface area (Å²) >= 11 is 0. The highest BCUT2D eigenvalue weighted by Gasteiger charge is 2.08. The van der Waals surface area contributed by atoms with Crippen LogP contribution in [0.3, 0.4) is 0 Å². The normalized spacial score (nSPS) is 10.3. The Kier molecular flexibility index (Phi) is 4.71. The van der Waals surface area contributed by atoms with Crippen molar-refractivity contribution >= 4 is 17.3 Å². The molecular formula is C16H19N3O. The van der Waals surface area contributed by atoms with Crippen molar-refractivity contribution in [3.05, 3.63) is 54.4 Å². The number of carbonyl (C=O) groups is 1. The van der Waals surface area contributed by atoms with Crippen LogP contribution in [-0.2, 0) is 0 Å². The van der Waals surface area contributed by atoms with Crippen LogP contribution in [0.2, 0.25) is 0 Å². The predicted molar refractivity (Wildman–Crippen MR) is 82.0 cm³/mol. The van der Waals surface area contributed by atoms with E-state index in [1.165, 1.54) is 0 Å². The third kappa shape index (κ3) is 4.09. The van der Waals surface area contributed by atoms with Gasteiger partial charge in [0.15, 0.2) is 0 Å². The standard InChI is InChI=1S/C16H19N3O/c1-12(2)11-18-14-8-9-17-15(10-14)16(20)19-13-6-4-3-5-7-13/h3-10,12H,11H2,1-2H3,(H,17,18)(H,19,20). The first kappa shape index (κ1) is 14.1. The van der Waals surface area contributed by atoms with Crippen LogP contribution in [-0.4, -0.2) is 17.4 Å². The lowest BCUT2D eigenvalue weighted by Gasteiger charge is -2.10. The van der Waals surface area contributed by atoms with E-state index >= 15 is 0 Å². The van der Waals surface area contributed by atoms with Gasteiger partial charge in [0.25, 0.3) is 5.91 Å². The Hall–Kier alpha value is -2.36.